The first kappa shape index (κ1) is 23.2. The van der Waals surface area contributed by atoms with Crippen LogP contribution in [0.2, 0.25) is 5.02 Å². The van der Waals surface area contributed by atoms with E-state index in [2.05, 4.69) is 5.43 Å². The third-order valence-corrected chi connectivity index (χ3v) is 5.23. The summed E-state index contributed by atoms with van der Waals surface area (Å²) in [7, 11) is 0. The molecule has 174 valence electrons. The van der Waals surface area contributed by atoms with Gasteiger partial charge in [0.25, 0.3) is 11.8 Å². The van der Waals surface area contributed by atoms with Gasteiger partial charge in [-0.15, -0.1) is 0 Å². The molecule has 0 saturated carbocycles. The molecule has 0 aliphatic carbocycles. The fraction of sp³-hybridized carbons (Fsp3) is 0.154. The van der Waals surface area contributed by atoms with E-state index in [-0.39, 0.29) is 12.2 Å². The number of ether oxygens (including phenoxy) is 3. The molecule has 1 N–H and O–H groups in total. The molecule has 1 aliphatic heterocycles. The lowest BCUT2D eigenvalue weighted by Gasteiger charge is -2.14. The van der Waals surface area contributed by atoms with Crippen molar-refractivity contribution >= 4 is 35.2 Å². The number of carbonyl (C=O) groups excluding carboxylic acids is 2. The Kier molecular flexibility index (Phi) is 7.34. The van der Waals surface area contributed by atoms with E-state index in [0.29, 0.717) is 46.7 Å². The predicted octanol–water partition coefficient (Wildman–Crippen LogP) is 4.66. The second-order valence-electron chi connectivity index (χ2n) is 7.24. The summed E-state index contributed by atoms with van der Waals surface area (Å²) in [6.45, 7) is 2.86. The van der Waals surface area contributed by atoms with Crippen molar-refractivity contribution in [1.82, 2.24) is 5.43 Å². The van der Waals surface area contributed by atoms with E-state index < -0.39 is 11.8 Å². The fourth-order valence-electron chi connectivity index (χ4n) is 3.35. The summed E-state index contributed by atoms with van der Waals surface area (Å²) < 4.78 is 17.2. The van der Waals surface area contributed by atoms with Crippen LogP contribution in [-0.2, 0) is 9.59 Å². The van der Waals surface area contributed by atoms with Crippen LogP contribution in [0, 0.1) is 0 Å². The summed E-state index contributed by atoms with van der Waals surface area (Å²) >= 11 is 6.09. The molecule has 1 saturated heterocycles. The highest BCUT2D eigenvalue weighted by molar-refractivity contribution is 6.32. The molecule has 8 heteroatoms. The second kappa shape index (κ2) is 10.8. The molecular formula is C26H23ClN2O5. The molecule has 1 fully saturated rings. The lowest BCUT2D eigenvalue weighted by atomic mass is 10.1. The van der Waals surface area contributed by atoms with Gasteiger partial charge in [-0.2, -0.15) is 0 Å². The van der Waals surface area contributed by atoms with E-state index in [9.17, 15) is 9.59 Å². The maximum Gasteiger partial charge on any atom is 0.282 e. The average Bonchev–Trinajstić information content (AvgIpc) is 3.13. The Bertz CT molecular complexity index is 1210. The molecule has 4 rings (SSSR count). The molecule has 1 heterocycles. The minimum Gasteiger partial charge on any atom is -0.490 e. The summed E-state index contributed by atoms with van der Waals surface area (Å²) in [5.74, 6) is 0.721. The zero-order chi connectivity index (χ0) is 23.9. The van der Waals surface area contributed by atoms with Gasteiger partial charge in [0.1, 0.15) is 24.5 Å². The Balaban J connectivity index is 1.45. The van der Waals surface area contributed by atoms with Crippen LogP contribution in [0.25, 0.3) is 6.08 Å². The number of nitrogens with one attached hydrogen (secondary N) is 1. The highest BCUT2D eigenvalue weighted by atomic mass is 35.5. The minimum absolute atomic E-state index is 0.0353. The smallest absolute Gasteiger partial charge is 0.282 e. The molecule has 0 unspecified atom stereocenters. The molecule has 3 aromatic carbocycles. The van der Waals surface area contributed by atoms with Crippen molar-refractivity contribution in [3.05, 3.63) is 89.0 Å². The van der Waals surface area contributed by atoms with Crippen LogP contribution in [0.3, 0.4) is 0 Å². The van der Waals surface area contributed by atoms with E-state index in [4.69, 9.17) is 25.8 Å². The second-order valence-corrected chi connectivity index (χ2v) is 7.65. The van der Waals surface area contributed by atoms with Gasteiger partial charge >= 0.3 is 0 Å². The number of amides is 2. The molecule has 34 heavy (non-hydrogen) atoms. The van der Waals surface area contributed by atoms with Gasteiger partial charge in [-0.25, -0.2) is 5.01 Å². The van der Waals surface area contributed by atoms with Crippen molar-refractivity contribution < 1.29 is 23.8 Å². The Labute approximate surface area is 202 Å². The number of hydrogen-bond acceptors (Lipinski definition) is 5. The van der Waals surface area contributed by atoms with Crippen molar-refractivity contribution in [2.24, 2.45) is 0 Å². The summed E-state index contributed by atoms with van der Waals surface area (Å²) in [5, 5.41) is 1.76. The molecule has 0 spiro atoms. The number of anilines is 1. The van der Waals surface area contributed by atoms with Gasteiger partial charge in [0.15, 0.2) is 11.5 Å². The highest BCUT2D eigenvalue weighted by Crippen LogP contribution is 2.30. The number of nitrogens with zero attached hydrogens (tertiary/aromatic N) is 1. The lowest BCUT2D eigenvalue weighted by molar-refractivity contribution is -0.117. The van der Waals surface area contributed by atoms with Gasteiger partial charge in [0.05, 0.1) is 17.3 Å². The molecule has 0 aromatic heterocycles. The van der Waals surface area contributed by atoms with Crippen LogP contribution < -0.4 is 24.6 Å². The fourth-order valence-corrected chi connectivity index (χ4v) is 3.54. The first-order valence-electron chi connectivity index (χ1n) is 10.8. The maximum absolute atomic E-state index is 12.8. The van der Waals surface area contributed by atoms with Crippen LogP contribution >= 0.6 is 11.6 Å². The van der Waals surface area contributed by atoms with Gasteiger partial charge in [-0.3, -0.25) is 15.0 Å². The van der Waals surface area contributed by atoms with Gasteiger partial charge in [0, 0.05) is 0 Å². The molecule has 0 atom stereocenters. The number of benzene rings is 3. The standard InChI is InChI=1S/C26H23ClN2O5/c1-2-32-24-17-18(12-13-23(24)34-15-14-33-22-11-7-6-10-21(22)27)16-20-25(30)28-29(26(20)31)19-8-4-3-5-9-19/h3-13,16-17H,2,14-15H2,1H3,(H,28,30). The minimum atomic E-state index is -0.469. The van der Waals surface area contributed by atoms with E-state index >= 15 is 0 Å². The van der Waals surface area contributed by atoms with E-state index in [1.54, 1.807) is 54.6 Å². The van der Waals surface area contributed by atoms with Crippen molar-refractivity contribution in [2.45, 2.75) is 6.92 Å². The monoisotopic (exact) mass is 478 g/mol. The third kappa shape index (κ3) is 5.32. The summed E-state index contributed by atoms with van der Waals surface area (Å²) in [5.41, 5.74) is 3.85. The zero-order valence-corrected chi connectivity index (χ0v) is 19.2. The Morgan fingerprint density at radius 3 is 2.29 bits per heavy atom. The first-order chi connectivity index (χ1) is 16.6. The van der Waals surface area contributed by atoms with E-state index in [1.807, 2.05) is 25.1 Å². The quantitative estimate of drug-likeness (QED) is 0.275. The summed E-state index contributed by atoms with van der Waals surface area (Å²) in [6, 6.07) is 21.4. The summed E-state index contributed by atoms with van der Waals surface area (Å²) in [6.07, 6.45) is 1.54. The summed E-state index contributed by atoms with van der Waals surface area (Å²) in [4.78, 5) is 25.3. The van der Waals surface area contributed by atoms with Crippen molar-refractivity contribution in [3.63, 3.8) is 0 Å². The normalized spacial score (nSPS) is 14.3. The molecule has 0 bridgehead atoms. The number of hydrogen-bond donors (Lipinski definition) is 1. The van der Waals surface area contributed by atoms with Crippen LogP contribution in [-0.4, -0.2) is 31.6 Å². The molecule has 7 nitrogen and oxygen atoms in total. The van der Waals surface area contributed by atoms with Gasteiger partial charge < -0.3 is 14.2 Å². The maximum atomic E-state index is 12.8. The number of hydrazine groups is 1. The highest BCUT2D eigenvalue weighted by Gasteiger charge is 2.34. The van der Waals surface area contributed by atoms with Crippen LogP contribution in [0.4, 0.5) is 5.69 Å². The SMILES string of the molecule is CCOc1cc(C=C2C(=O)NN(c3ccccc3)C2=O)ccc1OCCOc1ccccc1Cl. The number of rotatable bonds is 9. The Hall–Kier alpha value is -3.97. The Morgan fingerprint density at radius 1 is 0.853 bits per heavy atom. The lowest BCUT2D eigenvalue weighted by Crippen LogP contribution is -2.35. The number of carbonyl (C=O) groups is 2. The van der Waals surface area contributed by atoms with Gasteiger partial charge in [-0.05, 0) is 55.0 Å². The van der Waals surface area contributed by atoms with Crippen LogP contribution in [0.15, 0.2) is 78.4 Å². The topological polar surface area (TPSA) is 77.1 Å². The number of halogens is 1. The molecule has 2 amide bonds. The molecule has 1 aliphatic rings. The average molecular weight is 479 g/mol. The predicted molar refractivity (Wildman–Crippen MR) is 130 cm³/mol. The Morgan fingerprint density at radius 2 is 1.56 bits per heavy atom. The number of para-hydroxylation sites is 2. The first-order valence-corrected chi connectivity index (χ1v) is 11.1. The molecule has 0 radical (unpaired) electrons. The van der Waals surface area contributed by atoms with Crippen molar-refractivity contribution in [1.29, 1.82) is 0 Å². The zero-order valence-electron chi connectivity index (χ0n) is 18.5. The van der Waals surface area contributed by atoms with E-state index in [0.717, 1.165) is 0 Å². The van der Waals surface area contributed by atoms with Crippen molar-refractivity contribution in [2.75, 3.05) is 24.8 Å². The molecular weight excluding hydrogens is 456 g/mol. The van der Waals surface area contributed by atoms with Crippen LogP contribution in [0.1, 0.15) is 12.5 Å². The van der Waals surface area contributed by atoms with Crippen LogP contribution in [0.5, 0.6) is 17.2 Å². The van der Waals surface area contributed by atoms with E-state index in [1.165, 1.54) is 11.1 Å². The van der Waals surface area contributed by atoms with Crippen molar-refractivity contribution in [3.8, 4) is 17.2 Å². The third-order valence-electron chi connectivity index (χ3n) is 4.92. The largest absolute Gasteiger partial charge is 0.490 e. The van der Waals surface area contributed by atoms with Gasteiger partial charge in [-0.1, -0.05) is 48.0 Å². The van der Waals surface area contributed by atoms with Gasteiger partial charge in [0.2, 0.25) is 0 Å². The molecule has 3 aromatic rings.